The number of halogens is 6. The van der Waals surface area contributed by atoms with E-state index in [0.29, 0.717) is 18.3 Å². The maximum absolute atomic E-state index is 12.5. The Bertz CT molecular complexity index is 391. The van der Waals surface area contributed by atoms with Gasteiger partial charge in [-0.05, 0) is 6.92 Å². The average Bonchev–Trinajstić information content (AvgIpc) is 2.47. The molecule has 2 nitrogen and oxygen atoms in total. The van der Waals surface area contributed by atoms with Crippen molar-refractivity contribution in [2.75, 3.05) is 0 Å². The van der Waals surface area contributed by atoms with Gasteiger partial charge in [-0.3, -0.25) is 0 Å². The van der Waals surface area contributed by atoms with E-state index in [-0.39, 0.29) is 0 Å². The van der Waals surface area contributed by atoms with Gasteiger partial charge in [-0.2, -0.15) is 26.3 Å². The van der Waals surface area contributed by atoms with Crippen LogP contribution in [-0.4, -0.2) is 17.3 Å². The molecule has 0 aliphatic rings. The van der Waals surface area contributed by atoms with Gasteiger partial charge >= 0.3 is 12.4 Å². The topological polar surface area (TPSA) is 38.9 Å². The molecule has 0 radical (unpaired) electrons. The first-order chi connectivity index (χ1) is 7.43. The zero-order valence-electron chi connectivity index (χ0n) is 8.49. The molecule has 0 fully saturated rings. The highest BCUT2D eigenvalue weighted by Gasteiger charge is 2.51. The van der Waals surface area contributed by atoms with Gasteiger partial charge in [-0.1, -0.05) is 0 Å². The van der Waals surface area contributed by atoms with Crippen molar-refractivity contribution in [2.24, 2.45) is 5.73 Å². The third-order valence-electron chi connectivity index (χ3n) is 2.02. The SMILES string of the molecule is CC(N)(c1csc(CC(F)(F)F)n1)C(F)(F)F. The maximum Gasteiger partial charge on any atom is 0.411 e. The number of rotatable bonds is 2. The molecule has 1 aromatic rings. The monoisotopic (exact) mass is 278 g/mol. The van der Waals surface area contributed by atoms with Crippen LogP contribution in [0.1, 0.15) is 17.6 Å². The Balaban J connectivity index is 2.96. The van der Waals surface area contributed by atoms with Crippen LogP contribution in [0.4, 0.5) is 26.3 Å². The first-order valence-corrected chi connectivity index (χ1v) is 5.19. The van der Waals surface area contributed by atoms with E-state index < -0.39 is 35.0 Å². The zero-order valence-corrected chi connectivity index (χ0v) is 9.30. The van der Waals surface area contributed by atoms with Crippen molar-refractivity contribution in [1.29, 1.82) is 0 Å². The van der Waals surface area contributed by atoms with Gasteiger partial charge in [0.2, 0.25) is 0 Å². The zero-order chi connectivity index (χ0) is 13.5. The van der Waals surface area contributed by atoms with Gasteiger partial charge in [0.25, 0.3) is 0 Å². The number of nitrogens with zero attached hydrogens (tertiary/aromatic N) is 1. The molecular weight excluding hydrogens is 270 g/mol. The van der Waals surface area contributed by atoms with E-state index in [1.54, 1.807) is 0 Å². The van der Waals surface area contributed by atoms with Gasteiger partial charge in [0, 0.05) is 5.38 Å². The van der Waals surface area contributed by atoms with Crippen molar-refractivity contribution in [2.45, 2.75) is 31.2 Å². The molecular formula is C8H8F6N2S. The van der Waals surface area contributed by atoms with Crippen LogP contribution in [0.25, 0.3) is 0 Å². The number of thiazole rings is 1. The van der Waals surface area contributed by atoms with E-state index >= 15 is 0 Å². The fourth-order valence-corrected chi connectivity index (χ4v) is 1.89. The van der Waals surface area contributed by atoms with Gasteiger partial charge in [-0.15, -0.1) is 11.3 Å². The second kappa shape index (κ2) is 4.13. The van der Waals surface area contributed by atoms with E-state index in [4.69, 9.17) is 5.73 Å². The molecule has 1 unspecified atom stereocenters. The Morgan fingerprint density at radius 1 is 1.24 bits per heavy atom. The summed E-state index contributed by atoms with van der Waals surface area (Å²) < 4.78 is 73.4. The third kappa shape index (κ3) is 3.32. The normalized spacial score (nSPS) is 16.9. The van der Waals surface area contributed by atoms with E-state index in [0.717, 1.165) is 5.38 Å². The number of nitrogens with two attached hydrogens (primary N) is 1. The van der Waals surface area contributed by atoms with E-state index in [9.17, 15) is 26.3 Å². The third-order valence-corrected chi connectivity index (χ3v) is 2.87. The molecule has 1 heterocycles. The number of alkyl halides is 6. The standard InChI is InChI=1S/C8H8F6N2S/c1-6(15,8(12,13)14)4-3-17-5(16-4)2-7(9,10)11/h3H,2,15H2,1H3. The number of hydrogen-bond donors (Lipinski definition) is 1. The lowest BCUT2D eigenvalue weighted by atomic mass is 10.00. The minimum Gasteiger partial charge on any atom is -0.313 e. The molecule has 1 rings (SSSR count). The molecule has 0 saturated carbocycles. The number of hydrogen-bond acceptors (Lipinski definition) is 3. The molecule has 17 heavy (non-hydrogen) atoms. The smallest absolute Gasteiger partial charge is 0.313 e. The van der Waals surface area contributed by atoms with Crippen LogP contribution in [0.15, 0.2) is 5.38 Å². The quantitative estimate of drug-likeness (QED) is 0.845. The average molecular weight is 278 g/mol. The molecule has 1 atom stereocenters. The lowest BCUT2D eigenvalue weighted by Crippen LogP contribution is -2.48. The number of aromatic nitrogens is 1. The van der Waals surface area contributed by atoms with Crippen LogP contribution in [0.3, 0.4) is 0 Å². The maximum atomic E-state index is 12.5. The fraction of sp³-hybridized carbons (Fsp3) is 0.625. The summed E-state index contributed by atoms with van der Waals surface area (Å²) in [6.45, 7) is 0.666. The molecule has 0 aliphatic heterocycles. The summed E-state index contributed by atoms with van der Waals surface area (Å²) >= 11 is 0.508. The van der Waals surface area contributed by atoms with Crippen molar-refractivity contribution < 1.29 is 26.3 Å². The summed E-state index contributed by atoms with van der Waals surface area (Å²) in [7, 11) is 0. The van der Waals surface area contributed by atoms with Crippen LogP contribution in [-0.2, 0) is 12.0 Å². The highest BCUT2D eigenvalue weighted by molar-refractivity contribution is 7.09. The van der Waals surface area contributed by atoms with Crippen molar-refractivity contribution in [3.05, 3.63) is 16.1 Å². The predicted octanol–water partition coefficient (Wildman–Crippen LogP) is 2.98. The van der Waals surface area contributed by atoms with E-state index in [1.165, 1.54) is 0 Å². The molecule has 0 saturated heterocycles. The first kappa shape index (κ1) is 14.2. The van der Waals surface area contributed by atoms with Crippen molar-refractivity contribution in [3.8, 4) is 0 Å². The second-order valence-corrected chi connectivity index (χ2v) is 4.56. The largest absolute Gasteiger partial charge is 0.411 e. The van der Waals surface area contributed by atoms with Crippen LogP contribution in [0.2, 0.25) is 0 Å². The van der Waals surface area contributed by atoms with Gasteiger partial charge in [0.05, 0.1) is 12.1 Å². The summed E-state index contributed by atoms with van der Waals surface area (Å²) in [5, 5.41) is 0.461. The fourth-order valence-electron chi connectivity index (χ4n) is 0.947. The minimum atomic E-state index is -4.77. The molecule has 0 aromatic carbocycles. The second-order valence-electron chi connectivity index (χ2n) is 3.62. The summed E-state index contributed by atoms with van der Waals surface area (Å²) in [6, 6.07) is 0. The molecule has 0 amide bonds. The molecule has 9 heteroatoms. The molecule has 0 aliphatic carbocycles. The van der Waals surface area contributed by atoms with E-state index in [1.807, 2.05) is 0 Å². The summed E-state index contributed by atoms with van der Waals surface area (Å²) in [6.07, 6.45) is -10.6. The van der Waals surface area contributed by atoms with Crippen LogP contribution in [0.5, 0.6) is 0 Å². The molecule has 0 bridgehead atoms. The Morgan fingerprint density at radius 2 is 1.76 bits per heavy atom. The van der Waals surface area contributed by atoms with Crippen molar-refractivity contribution in [1.82, 2.24) is 4.98 Å². The Morgan fingerprint density at radius 3 is 2.18 bits per heavy atom. The van der Waals surface area contributed by atoms with Crippen LogP contribution < -0.4 is 5.73 Å². The predicted molar refractivity (Wildman–Crippen MR) is 49.5 cm³/mol. The Hall–Kier alpha value is -0.830. The van der Waals surface area contributed by atoms with Gasteiger partial charge < -0.3 is 5.73 Å². The van der Waals surface area contributed by atoms with Crippen molar-refractivity contribution >= 4 is 11.3 Å². The van der Waals surface area contributed by atoms with Gasteiger partial charge in [0.15, 0.2) is 5.54 Å². The summed E-state index contributed by atoms with van der Waals surface area (Å²) in [5.74, 6) is 0. The minimum absolute atomic E-state index is 0.437. The first-order valence-electron chi connectivity index (χ1n) is 4.31. The molecule has 2 N–H and O–H groups in total. The Kier molecular flexibility index (Phi) is 3.45. The van der Waals surface area contributed by atoms with Crippen LogP contribution >= 0.6 is 11.3 Å². The summed E-state index contributed by atoms with van der Waals surface area (Å²) in [4.78, 5) is 3.29. The van der Waals surface area contributed by atoms with Gasteiger partial charge in [-0.25, -0.2) is 4.98 Å². The molecule has 1 aromatic heterocycles. The van der Waals surface area contributed by atoms with E-state index in [2.05, 4.69) is 4.98 Å². The lowest BCUT2D eigenvalue weighted by Gasteiger charge is -2.25. The van der Waals surface area contributed by atoms with Crippen LogP contribution in [0, 0.1) is 0 Å². The highest BCUT2D eigenvalue weighted by atomic mass is 32.1. The highest BCUT2D eigenvalue weighted by Crippen LogP contribution is 2.37. The summed E-state index contributed by atoms with van der Waals surface area (Å²) in [5.41, 5.74) is 1.68. The lowest BCUT2D eigenvalue weighted by molar-refractivity contribution is -0.185. The molecule has 98 valence electrons. The van der Waals surface area contributed by atoms with Gasteiger partial charge in [0.1, 0.15) is 5.01 Å². The Labute approximate surface area is 96.4 Å². The van der Waals surface area contributed by atoms with Crippen molar-refractivity contribution in [3.63, 3.8) is 0 Å². The molecule has 0 spiro atoms.